The van der Waals surface area contributed by atoms with Crippen molar-refractivity contribution in [1.82, 2.24) is 14.7 Å². The number of anilines is 1. The molecule has 3 rings (SSSR count). The minimum absolute atomic E-state index is 0.0115. The molecule has 0 saturated heterocycles. The molecular weight excluding hydrogens is 440 g/mol. The molecule has 0 atom stereocenters. The predicted molar refractivity (Wildman–Crippen MR) is 140 cm³/mol. The van der Waals surface area contributed by atoms with Crippen LogP contribution in [0.2, 0.25) is 0 Å². The number of unbranched alkanes of at least 4 members (excludes halogenated alkanes) is 2. The molecule has 35 heavy (non-hydrogen) atoms. The fourth-order valence-electron chi connectivity index (χ4n) is 3.88. The van der Waals surface area contributed by atoms with E-state index in [1.54, 1.807) is 16.7 Å². The van der Waals surface area contributed by atoms with E-state index in [0.29, 0.717) is 18.8 Å². The summed E-state index contributed by atoms with van der Waals surface area (Å²) in [6, 6.07) is 19.1. The van der Waals surface area contributed by atoms with Gasteiger partial charge in [-0.2, -0.15) is 5.10 Å². The van der Waals surface area contributed by atoms with Gasteiger partial charge in [-0.15, -0.1) is 0 Å². The third kappa shape index (κ3) is 7.44. The lowest BCUT2D eigenvalue weighted by Crippen LogP contribution is -2.40. The SMILES string of the molecule is CCCCCC(=O)N(CC(=O)Nc1cc(-c2ccccc2)nn1-c1ccc(OC)cc1)CC(C)C. The van der Waals surface area contributed by atoms with Crippen LogP contribution >= 0.6 is 0 Å². The lowest BCUT2D eigenvalue weighted by atomic mass is 10.1. The first kappa shape index (κ1) is 26.0. The molecule has 0 spiro atoms. The third-order valence-electron chi connectivity index (χ3n) is 5.63. The average Bonchev–Trinajstić information content (AvgIpc) is 3.27. The van der Waals surface area contributed by atoms with Crippen molar-refractivity contribution in [3.05, 3.63) is 60.7 Å². The molecule has 0 radical (unpaired) electrons. The normalized spacial score (nSPS) is 10.9. The smallest absolute Gasteiger partial charge is 0.245 e. The maximum atomic E-state index is 13.1. The van der Waals surface area contributed by atoms with E-state index in [9.17, 15) is 9.59 Å². The van der Waals surface area contributed by atoms with Crippen molar-refractivity contribution in [2.24, 2.45) is 5.92 Å². The molecule has 1 N–H and O–H groups in total. The Bertz CT molecular complexity index is 1090. The molecule has 0 saturated carbocycles. The number of hydrogen-bond donors (Lipinski definition) is 1. The average molecular weight is 477 g/mol. The first-order chi connectivity index (χ1) is 16.9. The number of ether oxygens (including phenoxy) is 1. The Morgan fingerprint density at radius 2 is 1.77 bits per heavy atom. The van der Waals surface area contributed by atoms with Gasteiger partial charge in [0.2, 0.25) is 11.8 Å². The summed E-state index contributed by atoms with van der Waals surface area (Å²) >= 11 is 0. The van der Waals surface area contributed by atoms with Gasteiger partial charge in [0.25, 0.3) is 0 Å². The highest BCUT2D eigenvalue weighted by molar-refractivity contribution is 5.94. The van der Waals surface area contributed by atoms with Crippen molar-refractivity contribution in [3.8, 4) is 22.7 Å². The molecule has 0 bridgehead atoms. The number of rotatable bonds is 12. The first-order valence-electron chi connectivity index (χ1n) is 12.3. The van der Waals surface area contributed by atoms with Gasteiger partial charge in [0.05, 0.1) is 25.0 Å². The van der Waals surface area contributed by atoms with Gasteiger partial charge in [0.15, 0.2) is 0 Å². The number of amides is 2. The first-order valence-corrected chi connectivity index (χ1v) is 12.3. The summed E-state index contributed by atoms with van der Waals surface area (Å²) in [6.45, 7) is 6.77. The molecule has 7 nitrogen and oxygen atoms in total. The molecule has 0 aliphatic rings. The fraction of sp³-hybridized carbons (Fsp3) is 0.393. The molecule has 0 unspecified atom stereocenters. The molecule has 186 valence electrons. The molecule has 3 aromatic rings. The van der Waals surface area contributed by atoms with Gasteiger partial charge in [-0.3, -0.25) is 9.59 Å². The van der Waals surface area contributed by atoms with E-state index in [1.165, 1.54) is 0 Å². The number of carbonyl (C=O) groups excluding carboxylic acids is 2. The second kappa shape index (κ2) is 12.7. The summed E-state index contributed by atoms with van der Waals surface area (Å²) < 4.78 is 6.97. The number of aromatic nitrogens is 2. The second-order valence-corrected chi connectivity index (χ2v) is 9.06. The van der Waals surface area contributed by atoms with Crippen molar-refractivity contribution in [2.75, 3.05) is 25.5 Å². The minimum atomic E-state index is -0.247. The number of nitrogens with zero attached hydrogens (tertiary/aromatic N) is 3. The fourth-order valence-corrected chi connectivity index (χ4v) is 3.88. The van der Waals surface area contributed by atoms with Crippen molar-refractivity contribution in [3.63, 3.8) is 0 Å². The van der Waals surface area contributed by atoms with Crippen LogP contribution in [0.5, 0.6) is 5.75 Å². The van der Waals surface area contributed by atoms with E-state index in [2.05, 4.69) is 26.1 Å². The Hall–Kier alpha value is -3.61. The van der Waals surface area contributed by atoms with Gasteiger partial charge < -0.3 is 15.0 Å². The highest BCUT2D eigenvalue weighted by Gasteiger charge is 2.20. The van der Waals surface area contributed by atoms with E-state index >= 15 is 0 Å². The number of benzene rings is 2. The van der Waals surface area contributed by atoms with Crippen LogP contribution in [0.3, 0.4) is 0 Å². The van der Waals surface area contributed by atoms with Gasteiger partial charge in [0.1, 0.15) is 11.6 Å². The van der Waals surface area contributed by atoms with E-state index in [1.807, 2.05) is 60.7 Å². The van der Waals surface area contributed by atoms with Gasteiger partial charge in [-0.05, 0) is 36.6 Å². The molecule has 1 aromatic heterocycles. The number of methoxy groups -OCH3 is 1. The number of nitrogens with one attached hydrogen (secondary N) is 1. The van der Waals surface area contributed by atoms with Crippen LogP contribution in [0, 0.1) is 5.92 Å². The summed E-state index contributed by atoms with van der Waals surface area (Å²) in [6.07, 6.45) is 3.37. The molecule has 1 heterocycles. The van der Waals surface area contributed by atoms with Crippen LogP contribution in [-0.4, -0.2) is 46.7 Å². The summed E-state index contributed by atoms with van der Waals surface area (Å²) in [5, 5.41) is 7.74. The highest BCUT2D eigenvalue weighted by atomic mass is 16.5. The van der Waals surface area contributed by atoms with Crippen molar-refractivity contribution in [1.29, 1.82) is 0 Å². The van der Waals surface area contributed by atoms with Crippen LogP contribution in [0.1, 0.15) is 46.5 Å². The Labute approximate surface area is 208 Å². The van der Waals surface area contributed by atoms with Crippen molar-refractivity contribution >= 4 is 17.6 Å². The molecule has 0 aliphatic heterocycles. The van der Waals surface area contributed by atoms with E-state index in [4.69, 9.17) is 9.84 Å². The minimum Gasteiger partial charge on any atom is -0.497 e. The molecule has 2 amide bonds. The number of carbonyl (C=O) groups is 2. The number of hydrogen-bond acceptors (Lipinski definition) is 4. The summed E-state index contributed by atoms with van der Waals surface area (Å²) in [7, 11) is 1.62. The van der Waals surface area contributed by atoms with E-state index < -0.39 is 0 Å². The Kier molecular flexibility index (Phi) is 9.47. The standard InChI is InChI=1S/C28H36N4O3/c1-5-6-8-13-28(34)31(19-21(2)3)20-27(33)29-26-18-25(22-11-9-7-10-12-22)30-32(26)23-14-16-24(35-4)17-15-23/h7,9-12,14-18,21H,5-6,8,13,19-20H2,1-4H3,(H,29,33). The van der Waals surface area contributed by atoms with Crippen LogP contribution in [0.4, 0.5) is 5.82 Å². The van der Waals surface area contributed by atoms with Crippen LogP contribution in [-0.2, 0) is 9.59 Å². The van der Waals surface area contributed by atoms with Gasteiger partial charge >= 0.3 is 0 Å². The Morgan fingerprint density at radius 1 is 1.06 bits per heavy atom. The quantitative estimate of drug-likeness (QED) is 0.348. The zero-order valence-corrected chi connectivity index (χ0v) is 21.2. The highest BCUT2D eigenvalue weighted by Crippen LogP contribution is 2.26. The molecule has 0 fully saturated rings. The topological polar surface area (TPSA) is 76.5 Å². The Morgan fingerprint density at radius 3 is 2.40 bits per heavy atom. The molecule has 2 aromatic carbocycles. The maximum Gasteiger partial charge on any atom is 0.245 e. The lowest BCUT2D eigenvalue weighted by Gasteiger charge is -2.24. The summed E-state index contributed by atoms with van der Waals surface area (Å²) in [4.78, 5) is 27.6. The monoisotopic (exact) mass is 476 g/mol. The maximum absolute atomic E-state index is 13.1. The van der Waals surface area contributed by atoms with E-state index in [0.717, 1.165) is 42.0 Å². The predicted octanol–water partition coefficient (Wildman–Crippen LogP) is 5.55. The summed E-state index contributed by atoms with van der Waals surface area (Å²) in [5.74, 6) is 1.33. The Balaban J connectivity index is 1.84. The van der Waals surface area contributed by atoms with Gasteiger partial charge in [-0.25, -0.2) is 4.68 Å². The van der Waals surface area contributed by atoms with Crippen molar-refractivity contribution in [2.45, 2.75) is 46.5 Å². The van der Waals surface area contributed by atoms with E-state index in [-0.39, 0.29) is 24.3 Å². The lowest BCUT2D eigenvalue weighted by molar-refractivity contribution is -0.135. The zero-order chi connectivity index (χ0) is 25.2. The van der Waals surface area contributed by atoms with Crippen molar-refractivity contribution < 1.29 is 14.3 Å². The summed E-state index contributed by atoms with van der Waals surface area (Å²) in [5.41, 5.74) is 2.48. The molecule has 7 heteroatoms. The van der Waals surface area contributed by atoms with Crippen LogP contribution < -0.4 is 10.1 Å². The largest absolute Gasteiger partial charge is 0.497 e. The zero-order valence-electron chi connectivity index (χ0n) is 21.2. The second-order valence-electron chi connectivity index (χ2n) is 9.06. The van der Waals surface area contributed by atoms with Crippen LogP contribution in [0.15, 0.2) is 60.7 Å². The third-order valence-corrected chi connectivity index (χ3v) is 5.63. The molecular formula is C28H36N4O3. The van der Waals surface area contributed by atoms with Gasteiger partial charge in [-0.1, -0.05) is 63.9 Å². The molecule has 0 aliphatic carbocycles. The van der Waals surface area contributed by atoms with Crippen LogP contribution in [0.25, 0.3) is 16.9 Å². The van der Waals surface area contributed by atoms with Gasteiger partial charge in [0, 0.05) is 24.6 Å².